The van der Waals surface area contributed by atoms with Gasteiger partial charge in [-0.3, -0.25) is 4.79 Å². The SMILES string of the molecule is COc1ccc(S(=O)(=O)N2C[C@@H]3CCOC[C@]3(C(=O)O)C2)cc1. The van der Waals surface area contributed by atoms with Crippen molar-refractivity contribution in [2.75, 3.05) is 33.4 Å². The summed E-state index contributed by atoms with van der Waals surface area (Å²) in [5.74, 6) is -0.647. The number of hydrogen-bond donors (Lipinski definition) is 1. The van der Waals surface area contributed by atoms with Crippen LogP contribution < -0.4 is 4.74 Å². The van der Waals surface area contributed by atoms with Gasteiger partial charge in [-0.2, -0.15) is 4.31 Å². The first kappa shape index (κ1) is 16.2. The highest BCUT2D eigenvalue weighted by molar-refractivity contribution is 7.89. The van der Waals surface area contributed by atoms with Crippen molar-refractivity contribution in [3.8, 4) is 5.75 Å². The summed E-state index contributed by atoms with van der Waals surface area (Å²) in [5.41, 5.74) is -1.14. The van der Waals surface area contributed by atoms with Crippen LogP contribution in [0.25, 0.3) is 0 Å². The number of aliphatic carboxylic acids is 1. The molecule has 0 bridgehead atoms. The van der Waals surface area contributed by atoms with Crippen molar-refractivity contribution in [1.29, 1.82) is 0 Å². The Morgan fingerprint density at radius 3 is 2.65 bits per heavy atom. The molecular weight excluding hydrogens is 322 g/mol. The van der Waals surface area contributed by atoms with Gasteiger partial charge in [0, 0.05) is 19.7 Å². The van der Waals surface area contributed by atoms with E-state index >= 15 is 0 Å². The molecule has 126 valence electrons. The maximum absolute atomic E-state index is 12.8. The largest absolute Gasteiger partial charge is 0.497 e. The lowest BCUT2D eigenvalue weighted by Gasteiger charge is -2.34. The molecule has 0 unspecified atom stereocenters. The fourth-order valence-corrected chi connectivity index (χ4v) is 4.88. The number of carboxylic acids is 1. The van der Waals surface area contributed by atoms with Crippen LogP contribution in [0.4, 0.5) is 0 Å². The van der Waals surface area contributed by atoms with Crippen LogP contribution in [-0.2, 0) is 19.6 Å². The van der Waals surface area contributed by atoms with E-state index in [4.69, 9.17) is 9.47 Å². The third-order valence-electron chi connectivity index (χ3n) is 4.76. The van der Waals surface area contributed by atoms with Crippen LogP contribution >= 0.6 is 0 Å². The number of nitrogens with zero attached hydrogens (tertiary/aromatic N) is 1. The number of ether oxygens (including phenoxy) is 2. The summed E-state index contributed by atoms with van der Waals surface area (Å²) in [6.45, 7) is 0.684. The minimum atomic E-state index is -3.73. The number of fused-ring (bicyclic) bond motifs is 1. The van der Waals surface area contributed by atoms with Gasteiger partial charge in [-0.1, -0.05) is 0 Å². The molecule has 8 heteroatoms. The Morgan fingerprint density at radius 2 is 2.09 bits per heavy atom. The van der Waals surface area contributed by atoms with Gasteiger partial charge < -0.3 is 14.6 Å². The second kappa shape index (κ2) is 5.77. The summed E-state index contributed by atoms with van der Waals surface area (Å²) in [6.07, 6.45) is 0.556. The zero-order valence-corrected chi connectivity index (χ0v) is 13.6. The molecule has 1 aromatic carbocycles. The van der Waals surface area contributed by atoms with Gasteiger partial charge in [-0.05, 0) is 36.6 Å². The molecule has 1 aromatic rings. The fourth-order valence-electron chi connectivity index (χ4n) is 3.32. The maximum Gasteiger partial charge on any atom is 0.313 e. The molecule has 0 aliphatic carbocycles. The summed E-state index contributed by atoms with van der Waals surface area (Å²) in [5, 5.41) is 9.60. The first-order valence-electron chi connectivity index (χ1n) is 7.35. The van der Waals surface area contributed by atoms with Gasteiger partial charge in [0.25, 0.3) is 0 Å². The van der Waals surface area contributed by atoms with Crippen molar-refractivity contribution < 1.29 is 27.8 Å². The molecule has 2 fully saturated rings. The van der Waals surface area contributed by atoms with Crippen LogP contribution in [0.2, 0.25) is 0 Å². The van der Waals surface area contributed by atoms with Gasteiger partial charge in [0.2, 0.25) is 10.0 Å². The molecule has 2 atom stereocenters. The second-order valence-electron chi connectivity index (χ2n) is 5.97. The van der Waals surface area contributed by atoms with Gasteiger partial charge in [-0.15, -0.1) is 0 Å². The van der Waals surface area contributed by atoms with E-state index in [1.165, 1.54) is 23.5 Å². The van der Waals surface area contributed by atoms with E-state index in [-0.39, 0.29) is 30.5 Å². The summed E-state index contributed by atoms with van der Waals surface area (Å²) >= 11 is 0. The summed E-state index contributed by atoms with van der Waals surface area (Å²) in [6, 6.07) is 6.10. The summed E-state index contributed by atoms with van der Waals surface area (Å²) in [4.78, 5) is 11.9. The van der Waals surface area contributed by atoms with Gasteiger partial charge >= 0.3 is 5.97 Å². The van der Waals surface area contributed by atoms with E-state index < -0.39 is 21.4 Å². The highest BCUT2D eigenvalue weighted by Gasteiger charge is 2.56. The summed E-state index contributed by atoms with van der Waals surface area (Å²) in [7, 11) is -2.23. The Bertz CT molecular complexity index is 701. The lowest BCUT2D eigenvalue weighted by atomic mass is 9.76. The smallest absolute Gasteiger partial charge is 0.313 e. The van der Waals surface area contributed by atoms with Crippen LogP contribution in [0, 0.1) is 11.3 Å². The van der Waals surface area contributed by atoms with E-state index in [1.54, 1.807) is 12.1 Å². The first-order chi connectivity index (χ1) is 10.9. The number of sulfonamides is 1. The fraction of sp³-hybridized carbons (Fsp3) is 0.533. The minimum absolute atomic E-state index is 0.0542. The minimum Gasteiger partial charge on any atom is -0.497 e. The molecule has 2 saturated heterocycles. The monoisotopic (exact) mass is 341 g/mol. The molecule has 3 rings (SSSR count). The molecule has 1 N–H and O–H groups in total. The molecule has 2 heterocycles. The van der Waals surface area contributed by atoms with E-state index in [2.05, 4.69) is 0 Å². The van der Waals surface area contributed by atoms with Crippen molar-refractivity contribution in [3.05, 3.63) is 24.3 Å². The van der Waals surface area contributed by atoms with E-state index in [9.17, 15) is 18.3 Å². The maximum atomic E-state index is 12.8. The molecule has 2 aliphatic heterocycles. The molecule has 23 heavy (non-hydrogen) atoms. The lowest BCUT2D eigenvalue weighted by molar-refractivity contribution is -0.159. The van der Waals surface area contributed by atoms with Crippen LogP contribution in [0.5, 0.6) is 5.75 Å². The van der Waals surface area contributed by atoms with Gasteiger partial charge in [-0.25, -0.2) is 8.42 Å². The number of benzene rings is 1. The van der Waals surface area contributed by atoms with Crippen LogP contribution in [0.3, 0.4) is 0 Å². The summed E-state index contributed by atoms with van der Waals surface area (Å²) < 4.78 is 37.2. The third-order valence-corrected chi connectivity index (χ3v) is 6.58. The van der Waals surface area contributed by atoms with Crippen LogP contribution in [0.1, 0.15) is 6.42 Å². The van der Waals surface area contributed by atoms with Gasteiger partial charge in [0.05, 0.1) is 18.6 Å². The molecule has 2 aliphatic rings. The van der Waals surface area contributed by atoms with Crippen molar-refractivity contribution in [2.45, 2.75) is 11.3 Å². The van der Waals surface area contributed by atoms with E-state index in [0.717, 1.165) is 0 Å². The van der Waals surface area contributed by atoms with Crippen molar-refractivity contribution in [1.82, 2.24) is 4.31 Å². The molecule has 0 spiro atoms. The number of carboxylic acid groups (broad SMARTS) is 1. The van der Waals surface area contributed by atoms with Gasteiger partial charge in [0.1, 0.15) is 11.2 Å². The number of hydrogen-bond acceptors (Lipinski definition) is 5. The van der Waals surface area contributed by atoms with E-state index in [0.29, 0.717) is 18.8 Å². The Kier molecular flexibility index (Phi) is 4.07. The zero-order chi connectivity index (χ0) is 16.7. The Balaban J connectivity index is 1.90. The van der Waals surface area contributed by atoms with Crippen LogP contribution in [0.15, 0.2) is 29.2 Å². The normalized spacial score (nSPS) is 28.3. The zero-order valence-electron chi connectivity index (χ0n) is 12.8. The molecule has 0 saturated carbocycles. The molecule has 0 radical (unpaired) electrons. The predicted octanol–water partition coefficient (Wildman–Crippen LogP) is 0.807. The number of carbonyl (C=O) groups is 1. The Labute approximate surface area is 134 Å². The number of rotatable bonds is 4. The van der Waals surface area contributed by atoms with Crippen molar-refractivity contribution >= 4 is 16.0 Å². The van der Waals surface area contributed by atoms with Crippen LogP contribution in [-0.4, -0.2) is 57.2 Å². The standard InChI is InChI=1S/C15H19NO6S/c1-21-12-2-4-13(5-3-12)23(19,20)16-8-11-6-7-22-10-15(11,9-16)14(17)18/h2-5,11H,6-10H2,1H3,(H,17,18)/t11-,15+/m0/s1. The molecule has 7 nitrogen and oxygen atoms in total. The van der Waals surface area contributed by atoms with Crippen molar-refractivity contribution in [3.63, 3.8) is 0 Å². The van der Waals surface area contributed by atoms with Gasteiger partial charge in [0.15, 0.2) is 0 Å². The Hall–Kier alpha value is -1.64. The second-order valence-corrected chi connectivity index (χ2v) is 7.91. The van der Waals surface area contributed by atoms with Crippen molar-refractivity contribution in [2.24, 2.45) is 11.3 Å². The highest BCUT2D eigenvalue weighted by Crippen LogP contribution is 2.43. The third kappa shape index (κ3) is 2.60. The topological polar surface area (TPSA) is 93.1 Å². The Morgan fingerprint density at radius 1 is 1.39 bits per heavy atom. The predicted molar refractivity (Wildman–Crippen MR) is 80.7 cm³/mol. The first-order valence-corrected chi connectivity index (χ1v) is 8.79. The van der Waals surface area contributed by atoms with E-state index in [1.807, 2.05) is 0 Å². The number of methoxy groups -OCH3 is 1. The molecule has 0 aromatic heterocycles. The quantitative estimate of drug-likeness (QED) is 0.871. The highest BCUT2D eigenvalue weighted by atomic mass is 32.2. The molecule has 0 amide bonds. The lowest BCUT2D eigenvalue weighted by Crippen LogP contribution is -2.46. The average molecular weight is 341 g/mol. The molecular formula is C15H19NO6S. The average Bonchev–Trinajstić information content (AvgIpc) is 2.97.